The highest BCUT2D eigenvalue weighted by molar-refractivity contribution is 5.83. The van der Waals surface area contributed by atoms with E-state index < -0.39 is 12.0 Å². The molecule has 1 aliphatic carbocycles. The first-order chi connectivity index (χ1) is 9.04. The number of hydrogen-bond donors (Lipinski definition) is 3. The number of rotatable bonds is 9. The Morgan fingerprint density at radius 2 is 1.89 bits per heavy atom. The van der Waals surface area contributed by atoms with Gasteiger partial charge in [-0.25, -0.2) is 9.59 Å². The molecule has 0 aromatic heterocycles. The number of nitrogens with one attached hydrogen (secondary N) is 2. The zero-order chi connectivity index (χ0) is 14.3. The molecule has 1 rings (SSSR count). The molecule has 0 spiro atoms. The maximum Gasteiger partial charge on any atom is 0.326 e. The molecule has 0 aromatic rings. The van der Waals surface area contributed by atoms with Crippen LogP contribution in [-0.2, 0) is 4.79 Å². The van der Waals surface area contributed by atoms with E-state index in [1.165, 1.54) is 19.3 Å². The van der Waals surface area contributed by atoms with E-state index in [4.69, 9.17) is 5.11 Å². The molecule has 2 atom stereocenters. The Kier molecular flexibility index (Phi) is 6.67. The first-order valence-corrected chi connectivity index (χ1v) is 7.34. The van der Waals surface area contributed by atoms with Gasteiger partial charge in [-0.1, -0.05) is 32.6 Å². The van der Waals surface area contributed by atoms with Gasteiger partial charge in [0.1, 0.15) is 6.04 Å². The number of carboxylic acid groups (broad SMARTS) is 1. The molecule has 0 heterocycles. The van der Waals surface area contributed by atoms with E-state index in [2.05, 4.69) is 17.6 Å². The van der Waals surface area contributed by atoms with Crippen molar-refractivity contribution in [2.45, 2.75) is 70.9 Å². The van der Waals surface area contributed by atoms with Gasteiger partial charge in [-0.3, -0.25) is 0 Å². The lowest BCUT2D eigenvalue weighted by Gasteiger charge is -2.18. The summed E-state index contributed by atoms with van der Waals surface area (Å²) in [5.74, 6) is -0.823. The van der Waals surface area contributed by atoms with Crippen LogP contribution in [0.2, 0.25) is 0 Å². The van der Waals surface area contributed by atoms with E-state index in [-0.39, 0.29) is 18.0 Å². The molecule has 0 saturated heterocycles. The highest BCUT2D eigenvalue weighted by Gasteiger charge is 2.37. The van der Waals surface area contributed by atoms with E-state index >= 15 is 0 Å². The number of hydrogen-bond acceptors (Lipinski definition) is 2. The van der Waals surface area contributed by atoms with Crippen LogP contribution in [0.3, 0.4) is 0 Å². The van der Waals surface area contributed by atoms with Crippen molar-refractivity contribution in [3.05, 3.63) is 0 Å². The molecule has 3 N–H and O–H groups in total. The summed E-state index contributed by atoms with van der Waals surface area (Å²) in [5.41, 5.74) is 0. The molecule has 0 bridgehead atoms. The average Bonchev–Trinajstić information content (AvgIpc) is 3.15. The number of carbonyl (C=O) groups is 2. The third kappa shape index (κ3) is 6.45. The van der Waals surface area contributed by atoms with Crippen LogP contribution >= 0.6 is 0 Å². The molecule has 0 aromatic carbocycles. The third-order valence-corrected chi connectivity index (χ3v) is 3.51. The van der Waals surface area contributed by atoms with Crippen LogP contribution in [-0.4, -0.2) is 29.2 Å². The van der Waals surface area contributed by atoms with Crippen molar-refractivity contribution < 1.29 is 14.7 Å². The predicted octanol–water partition coefficient (Wildman–Crippen LogP) is 2.51. The van der Waals surface area contributed by atoms with Crippen molar-refractivity contribution in [2.75, 3.05) is 0 Å². The van der Waals surface area contributed by atoms with E-state index in [1.807, 2.05) is 6.92 Å². The lowest BCUT2D eigenvalue weighted by atomic mass is 10.1. The van der Waals surface area contributed by atoms with Crippen molar-refractivity contribution in [3.63, 3.8) is 0 Å². The quantitative estimate of drug-likeness (QED) is 0.563. The normalized spacial score (nSPS) is 17.6. The number of aliphatic carboxylic acids is 1. The van der Waals surface area contributed by atoms with Gasteiger partial charge in [-0.2, -0.15) is 0 Å². The van der Waals surface area contributed by atoms with Crippen LogP contribution in [0.25, 0.3) is 0 Å². The summed E-state index contributed by atoms with van der Waals surface area (Å²) >= 11 is 0. The van der Waals surface area contributed by atoms with E-state index in [0.717, 1.165) is 25.7 Å². The second-order valence-electron chi connectivity index (χ2n) is 5.52. The number of amides is 2. The van der Waals surface area contributed by atoms with Crippen molar-refractivity contribution in [1.29, 1.82) is 0 Å². The SMILES string of the molecule is CCCCCCC(C)NC(=O)NC(C(=O)O)C1CC1. The van der Waals surface area contributed by atoms with Gasteiger partial charge in [-0.15, -0.1) is 0 Å². The second-order valence-corrected chi connectivity index (χ2v) is 5.52. The Hall–Kier alpha value is -1.26. The summed E-state index contributed by atoms with van der Waals surface area (Å²) in [6.07, 6.45) is 7.43. The summed E-state index contributed by atoms with van der Waals surface area (Å²) in [5, 5.41) is 14.4. The van der Waals surface area contributed by atoms with Gasteiger partial charge in [0.05, 0.1) is 0 Å². The molecule has 19 heavy (non-hydrogen) atoms. The van der Waals surface area contributed by atoms with Gasteiger partial charge in [0, 0.05) is 6.04 Å². The number of unbranched alkanes of at least 4 members (excludes halogenated alkanes) is 3. The summed E-state index contributed by atoms with van der Waals surface area (Å²) in [4.78, 5) is 22.7. The minimum Gasteiger partial charge on any atom is -0.480 e. The Morgan fingerprint density at radius 1 is 1.21 bits per heavy atom. The number of carboxylic acids is 1. The van der Waals surface area contributed by atoms with Gasteiger partial charge in [0.2, 0.25) is 0 Å². The first-order valence-electron chi connectivity index (χ1n) is 7.34. The maximum absolute atomic E-state index is 11.7. The fourth-order valence-corrected chi connectivity index (χ4v) is 2.17. The van der Waals surface area contributed by atoms with Crippen LogP contribution in [0.4, 0.5) is 4.79 Å². The average molecular weight is 270 g/mol. The van der Waals surface area contributed by atoms with Gasteiger partial charge >= 0.3 is 12.0 Å². The third-order valence-electron chi connectivity index (χ3n) is 3.51. The molecule has 0 aliphatic heterocycles. The molecule has 0 radical (unpaired) electrons. The largest absolute Gasteiger partial charge is 0.480 e. The van der Waals surface area contributed by atoms with Crippen LogP contribution in [0.1, 0.15) is 58.8 Å². The zero-order valence-electron chi connectivity index (χ0n) is 11.9. The highest BCUT2D eigenvalue weighted by Crippen LogP contribution is 2.32. The molecule has 1 aliphatic rings. The molecular weight excluding hydrogens is 244 g/mol. The van der Waals surface area contributed by atoms with Gasteiger partial charge in [-0.05, 0) is 32.1 Å². The Balaban J connectivity index is 2.19. The fourth-order valence-electron chi connectivity index (χ4n) is 2.17. The monoisotopic (exact) mass is 270 g/mol. The molecular formula is C14H26N2O3. The molecule has 2 unspecified atom stereocenters. The van der Waals surface area contributed by atoms with E-state index in [9.17, 15) is 9.59 Å². The highest BCUT2D eigenvalue weighted by atomic mass is 16.4. The lowest BCUT2D eigenvalue weighted by molar-refractivity contribution is -0.139. The molecule has 1 saturated carbocycles. The number of carbonyl (C=O) groups excluding carboxylic acids is 1. The molecule has 110 valence electrons. The molecule has 5 heteroatoms. The second kappa shape index (κ2) is 8.02. The van der Waals surface area contributed by atoms with Gasteiger partial charge in [0.25, 0.3) is 0 Å². The summed E-state index contributed by atoms with van der Waals surface area (Å²) in [6, 6.07) is -1.000. The molecule has 2 amide bonds. The molecule has 5 nitrogen and oxygen atoms in total. The van der Waals surface area contributed by atoms with Crippen LogP contribution in [0.15, 0.2) is 0 Å². The van der Waals surface area contributed by atoms with Crippen LogP contribution in [0, 0.1) is 5.92 Å². The van der Waals surface area contributed by atoms with Crippen LogP contribution < -0.4 is 10.6 Å². The topological polar surface area (TPSA) is 78.4 Å². The van der Waals surface area contributed by atoms with Crippen LogP contribution in [0.5, 0.6) is 0 Å². The van der Waals surface area contributed by atoms with Gasteiger partial charge in [0.15, 0.2) is 0 Å². The molecule has 1 fully saturated rings. The van der Waals surface area contributed by atoms with Crippen molar-refractivity contribution in [2.24, 2.45) is 5.92 Å². The Labute approximate surface area is 115 Å². The maximum atomic E-state index is 11.7. The Morgan fingerprint density at radius 3 is 2.42 bits per heavy atom. The zero-order valence-corrected chi connectivity index (χ0v) is 11.9. The Bertz CT molecular complexity index is 303. The summed E-state index contributed by atoms with van der Waals surface area (Å²) < 4.78 is 0. The summed E-state index contributed by atoms with van der Waals surface area (Å²) in [7, 11) is 0. The van der Waals surface area contributed by atoms with Gasteiger partial charge < -0.3 is 15.7 Å². The lowest BCUT2D eigenvalue weighted by Crippen LogP contribution is -2.49. The predicted molar refractivity (Wildman–Crippen MR) is 74.0 cm³/mol. The summed E-state index contributed by atoms with van der Waals surface area (Å²) in [6.45, 7) is 4.12. The number of urea groups is 1. The fraction of sp³-hybridized carbons (Fsp3) is 0.857. The minimum absolute atomic E-state index is 0.0884. The van der Waals surface area contributed by atoms with E-state index in [1.54, 1.807) is 0 Å². The smallest absolute Gasteiger partial charge is 0.326 e. The van der Waals surface area contributed by atoms with Crippen molar-refractivity contribution in [1.82, 2.24) is 10.6 Å². The van der Waals surface area contributed by atoms with Crippen molar-refractivity contribution >= 4 is 12.0 Å². The first kappa shape index (κ1) is 15.8. The minimum atomic E-state index is -0.937. The van der Waals surface area contributed by atoms with Crippen molar-refractivity contribution in [3.8, 4) is 0 Å². The standard InChI is InChI=1S/C14H26N2O3/c1-3-4-5-6-7-10(2)15-14(19)16-12(13(17)18)11-8-9-11/h10-12H,3-9H2,1-2H3,(H,17,18)(H2,15,16,19). The van der Waals surface area contributed by atoms with E-state index in [0.29, 0.717) is 0 Å².